The van der Waals surface area contributed by atoms with Crippen molar-refractivity contribution in [3.8, 4) is 0 Å². The molecule has 6 nitrogen and oxygen atoms in total. The number of anilines is 2. The number of benzene rings is 1. The summed E-state index contributed by atoms with van der Waals surface area (Å²) in [6.07, 6.45) is 1.08. The first-order chi connectivity index (χ1) is 11.8. The molecule has 1 atom stereocenters. The number of nitrogens with one attached hydrogen (secondary N) is 1. The quantitative estimate of drug-likeness (QED) is 0.800. The summed E-state index contributed by atoms with van der Waals surface area (Å²) in [7, 11) is 0. The Labute approximate surface area is 147 Å². The molecule has 1 aromatic carbocycles. The molecule has 0 spiro atoms. The lowest BCUT2D eigenvalue weighted by atomic mass is 9.83. The lowest BCUT2D eigenvalue weighted by Gasteiger charge is -2.30. The van der Waals surface area contributed by atoms with Gasteiger partial charge in [-0.05, 0) is 23.1 Å². The van der Waals surface area contributed by atoms with Crippen molar-refractivity contribution < 1.29 is 5.11 Å². The molecule has 0 amide bonds. The maximum absolute atomic E-state index is 12.1. The molecule has 4 N–H and O–H groups in total. The van der Waals surface area contributed by atoms with Crippen LogP contribution in [0.1, 0.15) is 38.0 Å². The first-order valence-corrected chi connectivity index (χ1v) is 8.32. The van der Waals surface area contributed by atoms with E-state index < -0.39 is 6.10 Å². The van der Waals surface area contributed by atoms with Crippen LogP contribution in [0.4, 0.5) is 11.4 Å². The fraction of sp³-hybridized carbons (Fsp3) is 0.368. The van der Waals surface area contributed by atoms with Crippen LogP contribution in [0.5, 0.6) is 0 Å². The molecule has 25 heavy (non-hydrogen) atoms. The van der Waals surface area contributed by atoms with E-state index in [1.165, 1.54) is 4.57 Å². The van der Waals surface area contributed by atoms with E-state index in [2.05, 4.69) is 10.3 Å². The number of amidine groups is 1. The number of aliphatic hydroxyl groups is 1. The van der Waals surface area contributed by atoms with Crippen LogP contribution in [0, 0.1) is 5.41 Å². The summed E-state index contributed by atoms with van der Waals surface area (Å²) in [5, 5.41) is 14.0. The van der Waals surface area contributed by atoms with Gasteiger partial charge >= 0.3 is 0 Å². The molecule has 6 heteroatoms. The molecular weight excluding hydrogens is 316 g/mol. The lowest BCUT2D eigenvalue weighted by Crippen LogP contribution is -2.31. The summed E-state index contributed by atoms with van der Waals surface area (Å²) in [5.74, 6) is 0.675. The molecule has 0 saturated heterocycles. The van der Waals surface area contributed by atoms with Crippen molar-refractivity contribution in [1.82, 2.24) is 4.57 Å². The highest BCUT2D eigenvalue weighted by atomic mass is 16.3. The van der Waals surface area contributed by atoms with Gasteiger partial charge in [-0.15, -0.1) is 0 Å². The summed E-state index contributed by atoms with van der Waals surface area (Å²) in [4.78, 5) is 16.6. The lowest BCUT2D eigenvalue weighted by molar-refractivity contribution is 0.0632. The second-order valence-electron chi connectivity index (χ2n) is 7.43. The Balaban J connectivity index is 1.91. The largest absolute Gasteiger partial charge is 0.394 e. The molecule has 1 unspecified atom stereocenters. The van der Waals surface area contributed by atoms with Crippen LogP contribution < -0.4 is 16.6 Å². The van der Waals surface area contributed by atoms with Crippen molar-refractivity contribution in [2.45, 2.75) is 40.0 Å². The van der Waals surface area contributed by atoms with Crippen LogP contribution in [-0.2, 0) is 13.1 Å². The van der Waals surface area contributed by atoms with E-state index >= 15 is 0 Å². The molecule has 0 saturated carbocycles. The summed E-state index contributed by atoms with van der Waals surface area (Å²) in [6.45, 7) is 6.83. The first kappa shape index (κ1) is 17.2. The van der Waals surface area contributed by atoms with Crippen molar-refractivity contribution in [1.29, 1.82) is 0 Å². The molecule has 1 aromatic heterocycles. The van der Waals surface area contributed by atoms with Crippen LogP contribution in [-0.4, -0.2) is 15.5 Å². The Bertz CT molecular complexity index is 878. The Morgan fingerprint density at radius 2 is 2.08 bits per heavy atom. The smallest absolute Gasteiger partial charge is 0.274 e. The van der Waals surface area contributed by atoms with E-state index in [-0.39, 0.29) is 16.7 Å². The number of nitrogen functional groups attached to an aromatic ring is 1. The van der Waals surface area contributed by atoms with E-state index in [9.17, 15) is 9.90 Å². The molecule has 0 radical (unpaired) electrons. The van der Waals surface area contributed by atoms with Gasteiger partial charge in [0.2, 0.25) is 0 Å². The average Bonchev–Trinajstić information content (AvgIpc) is 2.57. The van der Waals surface area contributed by atoms with Crippen LogP contribution >= 0.6 is 0 Å². The van der Waals surface area contributed by atoms with Gasteiger partial charge < -0.3 is 20.7 Å². The maximum atomic E-state index is 12.1. The molecule has 1 aliphatic rings. The van der Waals surface area contributed by atoms with E-state index in [0.717, 1.165) is 16.8 Å². The summed E-state index contributed by atoms with van der Waals surface area (Å²) in [5.41, 5.74) is 8.14. The van der Waals surface area contributed by atoms with E-state index in [1.807, 2.05) is 39.0 Å². The molecule has 0 bridgehead atoms. The zero-order valence-corrected chi connectivity index (χ0v) is 14.8. The average molecular weight is 340 g/mol. The van der Waals surface area contributed by atoms with Crippen LogP contribution in [0.25, 0.3) is 0 Å². The number of rotatable bonds is 3. The number of fused-ring (bicyclic) bond motifs is 1. The minimum absolute atomic E-state index is 0.211. The van der Waals surface area contributed by atoms with Gasteiger partial charge in [0.1, 0.15) is 5.84 Å². The molecule has 0 aliphatic carbocycles. The molecule has 132 valence electrons. The fourth-order valence-electron chi connectivity index (χ4n) is 2.89. The van der Waals surface area contributed by atoms with Gasteiger partial charge in [0.05, 0.1) is 30.6 Å². The van der Waals surface area contributed by atoms with Crippen LogP contribution in [0.2, 0.25) is 0 Å². The van der Waals surface area contributed by atoms with Gasteiger partial charge in [0.25, 0.3) is 5.56 Å². The SMILES string of the molecule is CC(C)(C)C(O)c1cccc2c1NC(Cn1cccc(N)c1=O)=NC2. The number of hydrogen-bond donors (Lipinski definition) is 3. The molecule has 2 aromatic rings. The number of aliphatic imine (C=N–C) groups is 1. The number of aromatic nitrogens is 1. The normalized spacial score (nSPS) is 15.1. The highest BCUT2D eigenvalue weighted by molar-refractivity contribution is 5.98. The summed E-state index contributed by atoms with van der Waals surface area (Å²) >= 11 is 0. The zero-order chi connectivity index (χ0) is 18.2. The number of nitrogens with zero attached hydrogens (tertiary/aromatic N) is 2. The number of aliphatic hydroxyl groups excluding tert-OH is 1. The Morgan fingerprint density at radius 1 is 1.32 bits per heavy atom. The summed E-state index contributed by atoms with van der Waals surface area (Å²) in [6, 6.07) is 9.18. The molecule has 3 rings (SSSR count). The number of hydrogen-bond acceptors (Lipinski definition) is 5. The van der Waals surface area contributed by atoms with Crippen molar-refractivity contribution in [2.75, 3.05) is 11.1 Å². The van der Waals surface area contributed by atoms with Crippen LogP contribution in [0.15, 0.2) is 46.3 Å². The Morgan fingerprint density at radius 3 is 2.80 bits per heavy atom. The maximum Gasteiger partial charge on any atom is 0.274 e. The Kier molecular flexibility index (Phi) is 4.39. The van der Waals surface area contributed by atoms with E-state index in [1.54, 1.807) is 18.3 Å². The number of para-hydroxylation sites is 1. The van der Waals surface area contributed by atoms with E-state index in [0.29, 0.717) is 18.9 Å². The predicted molar refractivity (Wildman–Crippen MR) is 101 cm³/mol. The number of pyridine rings is 1. The molecule has 1 aliphatic heterocycles. The van der Waals surface area contributed by atoms with Gasteiger partial charge in [-0.1, -0.05) is 39.0 Å². The van der Waals surface area contributed by atoms with Crippen molar-refractivity contribution in [2.24, 2.45) is 10.4 Å². The highest BCUT2D eigenvalue weighted by Gasteiger charge is 2.28. The van der Waals surface area contributed by atoms with Gasteiger partial charge in [0.15, 0.2) is 0 Å². The van der Waals surface area contributed by atoms with Crippen molar-refractivity contribution >= 4 is 17.2 Å². The van der Waals surface area contributed by atoms with Crippen LogP contribution in [0.3, 0.4) is 0 Å². The summed E-state index contributed by atoms with van der Waals surface area (Å²) < 4.78 is 1.52. The third kappa shape index (κ3) is 3.44. The Hall–Kier alpha value is -2.60. The van der Waals surface area contributed by atoms with Gasteiger partial charge in [-0.2, -0.15) is 0 Å². The molecule has 0 fully saturated rings. The second kappa shape index (κ2) is 6.37. The van der Waals surface area contributed by atoms with Gasteiger partial charge in [-0.3, -0.25) is 9.79 Å². The van der Waals surface area contributed by atoms with Gasteiger partial charge in [0, 0.05) is 11.8 Å². The van der Waals surface area contributed by atoms with Crippen molar-refractivity contribution in [3.63, 3.8) is 0 Å². The number of nitrogens with two attached hydrogens (primary N) is 1. The third-order valence-electron chi connectivity index (χ3n) is 4.38. The van der Waals surface area contributed by atoms with Crippen molar-refractivity contribution in [3.05, 3.63) is 58.0 Å². The predicted octanol–water partition coefficient (Wildman–Crippen LogP) is 2.53. The third-order valence-corrected chi connectivity index (χ3v) is 4.38. The minimum Gasteiger partial charge on any atom is -0.394 e. The van der Waals surface area contributed by atoms with Gasteiger partial charge in [-0.25, -0.2) is 0 Å². The standard InChI is InChI=1S/C19H24N4O2/c1-19(2,3)17(24)13-7-4-6-12-10-21-15(22-16(12)13)11-23-9-5-8-14(20)18(23)25/h4-9,17,24H,10-11,20H2,1-3H3,(H,21,22). The fourth-order valence-corrected chi connectivity index (χ4v) is 2.89. The first-order valence-electron chi connectivity index (χ1n) is 8.32. The second-order valence-corrected chi connectivity index (χ2v) is 7.43. The molecular formula is C19H24N4O2. The zero-order valence-electron chi connectivity index (χ0n) is 14.8. The minimum atomic E-state index is -0.607. The highest BCUT2D eigenvalue weighted by Crippen LogP contribution is 2.38. The topological polar surface area (TPSA) is 92.6 Å². The monoisotopic (exact) mass is 340 g/mol. The van der Waals surface area contributed by atoms with E-state index in [4.69, 9.17) is 5.73 Å². The molecule has 2 heterocycles.